The molecule has 0 bridgehead atoms. The van der Waals surface area contributed by atoms with E-state index >= 15 is 0 Å². The fourth-order valence-electron chi connectivity index (χ4n) is 2.70. The van der Waals surface area contributed by atoms with Crippen molar-refractivity contribution in [1.82, 2.24) is 15.1 Å². The number of aryl methyl sites for hydroxylation is 2. The molecular formula is C22H22FN3O3. The molecule has 1 heterocycles. The number of hydrogen-bond acceptors (Lipinski definition) is 4. The zero-order chi connectivity index (χ0) is 21.0. The number of carbonyl (C=O) groups excluding carboxylic acids is 1. The minimum Gasteiger partial charge on any atom is -0.464 e. The van der Waals surface area contributed by atoms with E-state index in [1.165, 1.54) is 22.9 Å². The van der Waals surface area contributed by atoms with Gasteiger partial charge in [-0.05, 0) is 50.1 Å². The van der Waals surface area contributed by atoms with Gasteiger partial charge in [-0.2, -0.15) is 4.68 Å². The summed E-state index contributed by atoms with van der Waals surface area (Å²) < 4.78 is 20.5. The van der Waals surface area contributed by atoms with Crippen LogP contribution in [0.3, 0.4) is 0 Å². The Labute approximate surface area is 168 Å². The van der Waals surface area contributed by atoms with Gasteiger partial charge in [0.25, 0.3) is 11.5 Å². The van der Waals surface area contributed by atoms with Crippen LogP contribution in [0.15, 0.2) is 59.4 Å². The van der Waals surface area contributed by atoms with Crippen LogP contribution in [-0.2, 0) is 11.3 Å². The van der Waals surface area contributed by atoms with Crippen molar-refractivity contribution in [2.75, 3.05) is 0 Å². The number of benzene rings is 2. The fraction of sp³-hybridized carbons (Fsp3) is 0.227. The van der Waals surface area contributed by atoms with Crippen LogP contribution in [0.25, 0.3) is 5.69 Å². The second-order valence-electron chi connectivity index (χ2n) is 6.76. The monoisotopic (exact) mass is 395 g/mol. The normalized spacial score (nSPS) is 11.7. The number of amides is 1. The molecule has 0 fully saturated rings. The number of ether oxygens (including phenoxy) is 1. The first-order valence-electron chi connectivity index (χ1n) is 9.21. The highest BCUT2D eigenvalue weighted by atomic mass is 19.1. The summed E-state index contributed by atoms with van der Waals surface area (Å²) in [5, 5.41) is 6.84. The Hall–Kier alpha value is -3.48. The summed E-state index contributed by atoms with van der Waals surface area (Å²) in [7, 11) is 0. The predicted molar refractivity (Wildman–Crippen MR) is 108 cm³/mol. The first kappa shape index (κ1) is 20.3. The summed E-state index contributed by atoms with van der Waals surface area (Å²) in [6, 6.07) is 14.5. The van der Waals surface area contributed by atoms with E-state index in [0.717, 1.165) is 11.1 Å². The molecule has 1 aromatic heterocycles. The maximum atomic E-state index is 13.7. The van der Waals surface area contributed by atoms with Crippen LogP contribution in [0, 0.1) is 19.7 Å². The molecule has 3 rings (SSSR count). The molecule has 0 saturated heterocycles. The SMILES string of the molecule is Cc1ccc(-n2nc(O[C@H](C)C(=O)NCc3ccccc3F)ccc2=O)cc1C. The molecule has 0 saturated carbocycles. The van der Waals surface area contributed by atoms with E-state index in [0.29, 0.717) is 11.3 Å². The van der Waals surface area contributed by atoms with Gasteiger partial charge in [-0.1, -0.05) is 24.3 Å². The van der Waals surface area contributed by atoms with Crippen LogP contribution in [0.2, 0.25) is 0 Å². The van der Waals surface area contributed by atoms with Gasteiger partial charge in [0.15, 0.2) is 6.10 Å². The lowest BCUT2D eigenvalue weighted by Crippen LogP contribution is -2.36. The van der Waals surface area contributed by atoms with Crippen LogP contribution < -0.4 is 15.6 Å². The van der Waals surface area contributed by atoms with E-state index in [2.05, 4.69) is 10.4 Å². The van der Waals surface area contributed by atoms with E-state index in [1.807, 2.05) is 26.0 Å². The maximum Gasteiger partial charge on any atom is 0.271 e. The van der Waals surface area contributed by atoms with Crippen molar-refractivity contribution in [1.29, 1.82) is 0 Å². The highest BCUT2D eigenvalue weighted by Gasteiger charge is 2.16. The molecule has 1 atom stereocenters. The molecule has 1 amide bonds. The van der Waals surface area contributed by atoms with Gasteiger partial charge in [0.1, 0.15) is 5.82 Å². The molecule has 1 N–H and O–H groups in total. The molecule has 7 heteroatoms. The Morgan fingerprint density at radius 1 is 1.14 bits per heavy atom. The van der Waals surface area contributed by atoms with Crippen molar-refractivity contribution in [3.63, 3.8) is 0 Å². The lowest BCUT2D eigenvalue weighted by atomic mass is 10.1. The fourth-order valence-corrected chi connectivity index (χ4v) is 2.70. The third-order valence-corrected chi connectivity index (χ3v) is 4.59. The van der Waals surface area contributed by atoms with Crippen LogP contribution >= 0.6 is 0 Å². The Bertz CT molecular complexity index is 1090. The molecule has 6 nitrogen and oxygen atoms in total. The number of hydrogen-bond donors (Lipinski definition) is 1. The topological polar surface area (TPSA) is 73.2 Å². The Morgan fingerprint density at radius 2 is 1.90 bits per heavy atom. The van der Waals surface area contributed by atoms with Gasteiger partial charge in [-0.25, -0.2) is 4.39 Å². The first-order valence-corrected chi connectivity index (χ1v) is 9.21. The summed E-state index contributed by atoms with van der Waals surface area (Å²) in [6.45, 7) is 5.54. The Kier molecular flexibility index (Phi) is 6.07. The number of carbonyl (C=O) groups is 1. The largest absolute Gasteiger partial charge is 0.464 e. The highest BCUT2D eigenvalue weighted by molar-refractivity contribution is 5.80. The molecule has 150 valence electrons. The van der Waals surface area contributed by atoms with Crippen molar-refractivity contribution < 1.29 is 13.9 Å². The first-order chi connectivity index (χ1) is 13.8. The smallest absolute Gasteiger partial charge is 0.271 e. The molecule has 29 heavy (non-hydrogen) atoms. The number of nitrogens with zero attached hydrogens (tertiary/aromatic N) is 2. The van der Waals surface area contributed by atoms with Gasteiger partial charge in [0, 0.05) is 24.2 Å². The lowest BCUT2D eigenvalue weighted by molar-refractivity contribution is -0.127. The summed E-state index contributed by atoms with van der Waals surface area (Å²) in [6.07, 6.45) is -0.875. The average molecular weight is 395 g/mol. The van der Waals surface area contributed by atoms with Crippen molar-refractivity contribution in [3.8, 4) is 11.6 Å². The minimum atomic E-state index is -0.875. The van der Waals surface area contributed by atoms with Gasteiger partial charge >= 0.3 is 0 Å². The lowest BCUT2D eigenvalue weighted by Gasteiger charge is -2.15. The van der Waals surface area contributed by atoms with E-state index in [-0.39, 0.29) is 23.8 Å². The van der Waals surface area contributed by atoms with E-state index in [9.17, 15) is 14.0 Å². The van der Waals surface area contributed by atoms with Crippen LogP contribution in [0.4, 0.5) is 4.39 Å². The van der Waals surface area contributed by atoms with E-state index in [1.54, 1.807) is 31.2 Å². The molecule has 0 spiro atoms. The number of halogens is 1. The van der Waals surface area contributed by atoms with Gasteiger partial charge in [0.2, 0.25) is 5.88 Å². The molecule has 0 radical (unpaired) electrons. The molecule has 2 aromatic carbocycles. The zero-order valence-electron chi connectivity index (χ0n) is 16.5. The summed E-state index contributed by atoms with van der Waals surface area (Å²) in [5.41, 5.74) is 2.82. The number of rotatable bonds is 6. The second-order valence-corrected chi connectivity index (χ2v) is 6.76. The summed E-state index contributed by atoms with van der Waals surface area (Å²) in [4.78, 5) is 24.5. The van der Waals surface area contributed by atoms with Crippen molar-refractivity contribution >= 4 is 5.91 Å². The highest BCUT2D eigenvalue weighted by Crippen LogP contribution is 2.14. The van der Waals surface area contributed by atoms with E-state index < -0.39 is 12.0 Å². The Balaban J connectivity index is 1.71. The molecule has 0 unspecified atom stereocenters. The molecule has 0 aliphatic heterocycles. The molecule has 0 aliphatic carbocycles. The zero-order valence-corrected chi connectivity index (χ0v) is 16.5. The molecular weight excluding hydrogens is 373 g/mol. The second kappa shape index (κ2) is 8.68. The van der Waals surface area contributed by atoms with Gasteiger partial charge in [-0.15, -0.1) is 5.10 Å². The van der Waals surface area contributed by atoms with E-state index in [4.69, 9.17) is 4.74 Å². The molecule has 0 aliphatic rings. The minimum absolute atomic E-state index is 0.0504. The van der Waals surface area contributed by atoms with Gasteiger partial charge in [0.05, 0.1) is 5.69 Å². The molecule has 3 aromatic rings. The van der Waals surface area contributed by atoms with Gasteiger partial charge in [-0.3, -0.25) is 9.59 Å². The number of aromatic nitrogens is 2. The summed E-state index contributed by atoms with van der Waals surface area (Å²) >= 11 is 0. The third kappa shape index (κ3) is 4.87. The standard InChI is InChI=1S/C22H22FN3O3/c1-14-8-9-18(12-15(14)2)26-21(27)11-10-20(25-26)29-16(3)22(28)24-13-17-6-4-5-7-19(17)23/h4-12,16H,13H2,1-3H3,(H,24,28)/t16-/m1/s1. The predicted octanol–water partition coefficient (Wildman–Crippen LogP) is 3.07. The van der Waals surface area contributed by atoms with Crippen LogP contribution in [0.1, 0.15) is 23.6 Å². The van der Waals surface area contributed by atoms with Gasteiger partial charge < -0.3 is 10.1 Å². The average Bonchev–Trinajstić information content (AvgIpc) is 2.70. The van der Waals surface area contributed by atoms with Crippen molar-refractivity contribution in [2.45, 2.75) is 33.4 Å². The van der Waals surface area contributed by atoms with Crippen LogP contribution in [0.5, 0.6) is 5.88 Å². The van der Waals surface area contributed by atoms with Crippen molar-refractivity contribution in [3.05, 3.63) is 87.5 Å². The summed E-state index contributed by atoms with van der Waals surface area (Å²) in [5.74, 6) is -0.668. The maximum absolute atomic E-state index is 13.7. The van der Waals surface area contributed by atoms with Crippen LogP contribution in [-0.4, -0.2) is 21.8 Å². The number of nitrogens with one attached hydrogen (secondary N) is 1. The van der Waals surface area contributed by atoms with Crippen molar-refractivity contribution in [2.24, 2.45) is 0 Å². The third-order valence-electron chi connectivity index (χ3n) is 4.59. The Morgan fingerprint density at radius 3 is 2.62 bits per heavy atom. The quantitative estimate of drug-likeness (QED) is 0.696.